The van der Waals surface area contributed by atoms with Crippen molar-refractivity contribution in [3.05, 3.63) is 0 Å². The molecule has 0 aromatic carbocycles. The van der Waals surface area contributed by atoms with E-state index in [4.69, 9.17) is 19.9 Å². The zero-order valence-electron chi connectivity index (χ0n) is 7.00. The summed E-state index contributed by atoms with van der Waals surface area (Å²) < 4.78 is 15.6. The smallest absolute Gasteiger partial charge is 0.187 e. The fraction of sp³-hybridized carbons (Fsp3) is 1.00. The van der Waals surface area contributed by atoms with E-state index >= 15 is 0 Å². The van der Waals surface area contributed by atoms with Gasteiger partial charge in [0.25, 0.3) is 0 Å². The molecule has 2 N–H and O–H groups in total. The summed E-state index contributed by atoms with van der Waals surface area (Å²) in [6.45, 7) is 1.15. The molecule has 0 unspecified atom stereocenters. The van der Waals surface area contributed by atoms with Gasteiger partial charge in [0.05, 0.1) is 19.3 Å². The molecule has 66 valence electrons. The van der Waals surface area contributed by atoms with Crippen LogP contribution in [0.5, 0.6) is 0 Å². The summed E-state index contributed by atoms with van der Waals surface area (Å²) in [5.74, 6) is -0.627. The average molecular weight is 161 g/mol. The normalized spacial score (nSPS) is 30.3. The van der Waals surface area contributed by atoms with Crippen LogP contribution in [-0.2, 0) is 14.2 Å². The van der Waals surface area contributed by atoms with Crippen LogP contribution in [0.2, 0.25) is 0 Å². The van der Waals surface area contributed by atoms with Crippen LogP contribution in [0.4, 0.5) is 0 Å². The molecule has 1 aliphatic heterocycles. The number of hydrogen-bond donors (Lipinski definition) is 1. The van der Waals surface area contributed by atoms with Crippen molar-refractivity contribution >= 4 is 0 Å². The Labute approximate surface area is 66.6 Å². The minimum absolute atomic E-state index is 0.189. The Bertz CT molecular complexity index is 125. The summed E-state index contributed by atoms with van der Waals surface area (Å²) in [5, 5.41) is 0. The van der Waals surface area contributed by atoms with Crippen LogP contribution in [0.1, 0.15) is 6.42 Å². The molecule has 0 amide bonds. The molecule has 1 aliphatic rings. The quantitative estimate of drug-likeness (QED) is 0.566. The van der Waals surface area contributed by atoms with Gasteiger partial charge in [-0.3, -0.25) is 0 Å². The van der Waals surface area contributed by atoms with Crippen molar-refractivity contribution in [2.24, 2.45) is 5.73 Å². The van der Waals surface area contributed by atoms with Gasteiger partial charge >= 0.3 is 0 Å². The Kier molecular flexibility index (Phi) is 2.84. The van der Waals surface area contributed by atoms with E-state index in [9.17, 15) is 0 Å². The molecule has 1 fully saturated rings. The molecule has 1 heterocycles. The SMILES string of the molecule is COC1(OC)CCOC[C@@H]1N. The van der Waals surface area contributed by atoms with Crippen LogP contribution >= 0.6 is 0 Å². The second-order valence-corrected chi connectivity index (χ2v) is 2.65. The third-order valence-electron chi connectivity index (χ3n) is 2.15. The van der Waals surface area contributed by atoms with E-state index < -0.39 is 5.79 Å². The lowest BCUT2D eigenvalue weighted by Gasteiger charge is -2.39. The number of ether oxygens (including phenoxy) is 3. The first kappa shape index (κ1) is 8.93. The Balaban J connectivity index is 2.61. The number of methoxy groups -OCH3 is 2. The average Bonchev–Trinajstić information content (AvgIpc) is 2.06. The molecule has 4 nitrogen and oxygen atoms in total. The fourth-order valence-corrected chi connectivity index (χ4v) is 1.33. The van der Waals surface area contributed by atoms with Crippen molar-refractivity contribution in [2.75, 3.05) is 27.4 Å². The van der Waals surface area contributed by atoms with E-state index in [0.717, 1.165) is 0 Å². The molecule has 1 rings (SSSR count). The highest BCUT2D eigenvalue weighted by Gasteiger charge is 2.39. The van der Waals surface area contributed by atoms with Crippen LogP contribution in [0.15, 0.2) is 0 Å². The van der Waals surface area contributed by atoms with Gasteiger partial charge in [0.15, 0.2) is 5.79 Å². The molecule has 1 atom stereocenters. The van der Waals surface area contributed by atoms with Gasteiger partial charge in [-0.25, -0.2) is 0 Å². The van der Waals surface area contributed by atoms with Crippen molar-refractivity contribution in [3.63, 3.8) is 0 Å². The zero-order chi connectivity index (χ0) is 8.32. The summed E-state index contributed by atoms with van der Waals surface area (Å²) in [6, 6.07) is -0.189. The van der Waals surface area contributed by atoms with Gasteiger partial charge in [-0.1, -0.05) is 0 Å². The second kappa shape index (κ2) is 3.49. The molecule has 0 radical (unpaired) electrons. The van der Waals surface area contributed by atoms with Gasteiger partial charge in [-0.15, -0.1) is 0 Å². The maximum atomic E-state index is 5.76. The summed E-state index contributed by atoms with van der Waals surface area (Å²) in [5.41, 5.74) is 5.76. The monoisotopic (exact) mass is 161 g/mol. The molecule has 0 bridgehead atoms. The van der Waals surface area contributed by atoms with E-state index in [1.807, 2.05) is 0 Å². The highest BCUT2D eigenvalue weighted by atomic mass is 16.7. The topological polar surface area (TPSA) is 53.7 Å². The lowest BCUT2D eigenvalue weighted by Crippen LogP contribution is -2.56. The third kappa shape index (κ3) is 1.54. The standard InChI is InChI=1S/C7H15NO3/c1-9-7(10-2)3-4-11-5-6(7)8/h6H,3-5,8H2,1-2H3/t6-/m0/s1. The van der Waals surface area contributed by atoms with Crippen molar-refractivity contribution in [3.8, 4) is 0 Å². The molecule has 0 aromatic heterocycles. The number of hydrogen-bond acceptors (Lipinski definition) is 4. The van der Waals surface area contributed by atoms with Crippen LogP contribution in [0.3, 0.4) is 0 Å². The summed E-state index contributed by atoms with van der Waals surface area (Å²) >= 11 is 0. The first-order chi connectivity index (χ1) is 5.25. The maximum Gasteiger partial charge on any atom is 0.187 e. The highest BCUT2D eigenvalue weighted by molar-refractivity contribution is 4.85. The Morgan fingerprint density at radius 3 is 2.45 bits per heavy atom. The van der Waals surface area contributed by atoms with Gasteiger partial charge in [0, 0.05) is 20.6 Å². The number of nitrogens with two attached hydrogens (primary N) is 1. The summed E-state index contributed by atoms with van der Waals surface area (Å²) in [6.07, 6.45) is 0.696. The highest BCUT2D eigenvalue weighted by Crippen LogP contribution is 2.23. The predicted octanol–water partition coefficient (Wildman–Crippen LogP) is -0.277. The minimum Gasteiger partial charge on any atom is -0.379 e. The van der Waals surface area contributed by atoms with Crippen molar-refractivity contribution in [1.82, 2.24) is 0 Å². The molecule has 1 saturated heterocycles. The molecule has 0 spiro atoms. The second-order valence-electron chi connectivity index (χ2n) is 2.65. The van der Waals surface area contributed by atoms with Gasteiger partial charge in [-0.2, -0.15) is 0 Å². The molecule has 0 aliphatic carbocycles. The van der Waals surface area contributed by atoms with Crippen LogP contribution < -0.4 is 5.73 Å². The van der Waals surface area contributed by atoms with Gasteiger partial charge in [-0.05, 0) is 0 Å². The molecule has 0 saturated carbocycles. The van der Waals surface area contributed by atoms with Crippen molar-refractivity contribution < 1.29 is 14.2 Å². The minimum atomic E-state index is -0.627. The molecular formula is C7H15NO3. The van der Waals surface area contributed by atoms with Gasteiger partial charge < -0.3 is 19.9 Å². The van der Waals surface area contributed by atoms with Crippen molar-refractivity contribution in [2.45, 2.75) is 18.2 Å². The molecular weight excluding hydrogens is 146 g/mol. The first-order valence-electron chi connectivity index (χ1n) is 3.69. The lowest BCUT2D eigenvalue weighted by molar-refractivity contribution is -0.252. The van der Waals surface area contributed by atoms with Crippen molar-refractivity contribution in [1.29, 1.82) is 0 Å². The predicted molar refractivity (Wildman–Crippen MR) is 40.2 cm³/mol. The van der Waals surface area contributed by atoms with Crippen LogP contribution in [0, 0.1) is 0 Å². The van der Waals surface area contributed by atoms with E-state index in [1.54, 1.807) is 14.2 Å². The van der Waals surface area contributed by atoms with E-state index in [2.05, 4.69) is 0 Å². The lowest BCUT2D eigenvalue weighted by atomic mass is 10.0. The maximum absolute atomic E-state index is 5.76. The van der Waals surface area contributed by atoms with E-state index in [0.29, 0.717) is 19.6 Å². The number of rotatable bonds is 2. The molecule has 11 heavy (non-hydrogen) atoms. The third-order valence-corrected chi connectivity index (χ3v) is 2.15. The summed E-state index contributed by atoms with van der Waals surface area (Å²) in [7, 11) is 3.21. The Hall–Kier alpha value is -0.160. The van der Waals surface area contributed by atoms with E-state index in [1.165, 1.54) is 0 Å². The van der Waals surface area contributed by atoms with Gasteiger partial charge in [0.2, 0.25) is 0 Å². The zero-order valence-corrected chi connectivity index (χ0v) is 7.00. The molecule has 0 aromatic rings. The van der Waals surface area contributed by atoms with Crippen LogP contribution in [-0.4, -0.2) is 39.3 Å². The van der Waals surface area contributed by atoms with Gasteiger partial charge in [0.1, 0.15) is 0 Å². The largest absolute Gasteiger partial charge is 0.379 e. The van der Waals surface area contributed by atoms with Crippen LogP contribution in [0.25, 0.3) is 0 Å². The summed E-state index contributed by atoms with van der Waals surface area (Å²) in [4.78, 5) is 0. The first-order valence-corrected chi connectivity index (χ1v) is 3.69. The fourth-order valence-electron chi connectivity index (χ4n) is 1.33. The Morgan fingerprint density at radius 2 is 2.09 bits per heavy atom. The van der Waals surface area contributed by atoms with E-state index in [-0.39, 0.29) is 6.04 Å². The Morgan fingerprint density at radius 1 is 1.45 bits per heavy atom. The molecule has 4 heteroatoms.